The molecule has 3 amide bonds. The largest absolute Gasteiger partial charge is 0.351 e. The van der Waals surface area contributed by atoms with E-state index in [0.29, 0.717) is 18.8 Å². The number of rotatable bonds is 6. The third-order valence-corrected chi connectivity index (χ3v) is 6.86. The number of carbonyl (C=O) groups is 3. The lowest BCUT2D eigenvalue weighted by molar-refractivity contribution is -0.133. The van der Waals surface area contributed by atoms with Gasteiger partial charge in [-0.05, 0) is 44.4 Å². The highest BCUT2D eigenvalue weighted by molar-refractivity contribution is 9.10. The highest BCUT2D eigenvalue weighted by atomic mass is 79.9. The summed E-state index contributed by atoms with van der Waals surface area (Å²) in [6, 6.07) is 9.33. The fourth-order valence-electron chi connectivity index (χ4n) is 4.58. The number of benzene rings is 1. The van der Waals surface area contributed by atoms with Crippen LogP contribution >= 0.6 is 15.9 Å². The van der Waals surface area contributed by atoms with Gasteiger partial charge in [-0.1, -0.05) is 40.9 Å². The summed E-state index contributed by atoms with van der Waals surface area (Å²) in [5, 5.41) is 10.3. The molecule has 2 N–H and O–H groups in total. The number of nitrogens with one attached hydrogen (secondary N) is 2. The minimum absolute atomic E-state index is 0.159. The smallest absolute Gasteiger partial charge is 0.273 e. The standard InChI is InChI=1S/C23H28BrN5O3/c1-3-28-21(31)19-12-18(20(30)25-13-15-7-6-8-16(24)11-15)27-29(19)14-23(28,2)22(32)26-17-9-4-5-10-17/h6-8,11-12,17H,3-5,9-10,13-14H2,1-2H3,(H,25,30)(H,26,32). The number of likely N-dealkylation sites (N-methyl/N-ethyl adjacent to an activating group) is 1. The summed E-state index contributed by atoms with van der Waals surface area (Å²) in [5.74, 6) is -0.817. The molecule has 1 aliphatic heterocycles. The fourth-order valence-corrected chi connectivity index (χ4v) is 5.02. The molecular formula is C23H28BrN5O3. The van der Waals surface area contributed by atoms with Gasteiger partial charge in [0, 0.05) is 29.7 Å². The molecular weight excluding hydrogens is 474 g/mol. The van der Waals surface area contributed by atoms with E-state index >= 15 is 0 Å². The first-order chi connectivity index (χ1) is 15.3. The van der Waals surface area contributed by atoms with Gasteiger partial charge in [-0.25, -0.2) is 0 Å². The zero-order valence-electron chi connectivity index (χ0n) is 18.4. The first kappa shape index (κ1) is 22.5. The van der Waals surface area contributed by atoms with E-state index in [9.17, 15) is 14.4 Å². The van der Waals surface area contributed by atoms with Crippen LogP contribution in [0.3, 0.4) is 0 Å². The Morgan fingerprint density at radius 2 is 2.00 bits per heavy atom. The summed E-state index contributed by atoms with van der Waals surface area (Å²) in [6.45, 7) is 4.58. The van der Waals surface area contributed by atoms with Gasteiger partial charge in [0.25, 0.3) is 11.8 Å². The SMILES string of the molecule is CCN1C(=O)c2cc(C(=O)NCc3cccc(Br)c3)nn2CC1(C)C(=O)NC1CCCC1. The number of hydrogen-bond acceptors (Lipinski definition) is 4. The molecule has 1 aromatic carbocycles. The lowest BCUT2D eigenvalue weighted by Crippen LogP contribution is -2.64. The van der Waals surface area contributed by atoms with Crippen LogP contribution in [0.4, 0.5) is 0 Å². The van der Waals surface area contributed by atoms with Crippen LogP contribution in [0.25, 0.3) is 0 Å². The van der Waals surface area contributed by atoms with E-state index in [2.05, 4.69) is 31.7 Å². The molecule has 0 saturated heterocycles. The van der Waals surface area contributed by atoms with E-state index in [1.165, 1.54) is 10.7 Å². The molecule has 4 rings (SSSR count). The second kappa shape index (κ2) is 9.05. The Morgan fingerprint density at radius 1 is 1.25 bits per heavy atom. The predicted octanol–water partition coefficient (Wildman–Crippen LogP) is 2.87. The van der Waals surface area contributed by atoms with Crippen molar-refractivity contribution in [2.75, 3.05) is 6.54 Å². The molecule has 2 aromatic rings. The van der Waals surface area contributed by atoms with Crippen molar-refractivity contribution >= 4 is 33.7 Å². The van der Waals surface area contributed by atoms with E-state index in [0.717, 1.165) is 35.7 Å². The number of hydrogen-bond donors (Lipinski definition) is 2. The minimum atomic E-state index is -1.06. The summed E-state index contributed by atoms with van der Waals surface area (Å²) < 4.78 is 2.43. The van der Waals surface area contributed by atoms with Crippen LogP contribution in [0.2, 0.25) is 0 Å². The van der Waals surface area contributed by atoms with Crippen LogP contribution in [0.1, 0.15) is 66.1 Å². The number of aromatic nitrogens is 2. The summed E-state index contributed by atoms with van der Waals surface area (Å²) in [4.78, 5) is 40.7. The molecule has 8 nitrogen and oxygen atoms in total. The Labute approximate surface area is 195 Å². The Hall–Kier alpha value is -2.68. The van der Waals surface area contributed by atoms with Crippen molar-refractivity contribution in [1.29, 1.82) is 0 Å². The van der Waals surface area contributed by atoms with E-state index in [4.69, 9.17) is 0 Å². The van der Waals surface area contributed by atoms with Crippen LogP contribution < -0.4 is 10.6 Å². The van der Waals surface area contributed by atoms with Gasteiger partial charge in [0.15, 0.2) is 5.69 Å². The number of nitrogens with zero attached hydrogens (tertiary/aromatic N) is 3. The molecule has 0 bridgehead atoms. The zero-order chi connectivity index (χ0) is 22.9. The Kier molecular flexibility index (Phi) is 6.37. The summed E-state index contributed by atoms with van der Waals surface area (Å²) in [7, 11) is 0. The molecule has 9 heteroatoms. The molecule has 0 spiro atoms. The van der Waals surface area contributed by atoms with E-state index in [1.807, 2.05) is 31.2 Å². The van der Waals surface area contributed by atoms with Gasteiger partial charge in [-0.15, -0.1) is 0 Å². The van der Waals surface area contributed by atoms with E-state index < -0.39 is 5.54 Å². The van der Waals surface area contributed by atoms with Crippen LogP contribution in [0.15, 0.2) is 34.8 Å². The average Bonchev–Trinajstić information content (AvgIpc) is 3.42. The normalized spacial score (nSPS) is 20.8. The molecule has 1 aliphatic carbocycles. The van der Waals surface area contributed by atoms with Gasteiger partial charge in [0.2, 0.25) is 5.91 Å². The maximum atomic E-state index is 13.2. The number of carbonyl (C=O) groups excluding carboxylic acids is 3. The Morgan fingerprint density at radius 3 is 2.69 bits per heavy atom. The summed E-state index contributed by atoms with van der Waals surface area (Å²) >= 11 is 3.42. The molecule has 1 atom stereocenters. The van der Waals surface area contributed by atoms with Crippen LogP contribution in [0.5, 0.6) is 0 Å². The molecule has 1 saturated carbocycles. The second-order valence-electron chi connectivity index (χ2n) is 8.66. The van der Waals surface area contributed by atoms with Crippen molar-refractivity contribution in [2.45, 2.75) is 64.2 Å². The molecule has 1 fully saturated rings. The van der Waals surface area contributed by atoms with Crippen LogP contribution in [-0.4, -0.2) is 50.5 Å². The van der Waals surface area contributed by atoms with E-state index in [1.54, 1.807) is 11.8 Å². The molecule has 2 heterocycles. The van der Waals surface area contributed by atoms with Crippen molar-refractivity contribution < 1.29 is 14.4 Å². The first-order valence-corrected chi connectivity index (χ1v) is 11.8. The van der Waals surface area contributed by atoms with Gasteiger partial charge >= 0.3 is 0 Å². The minimum Gasteiger partial charge on any atom is -0.351 e. The lowest BCUT2D eigenvalue weighted by Gasteiger charge is -2.43. The average molecular weight is 502 g/mol. The van der Waals surface area contributed by atoms with Gasteiger partial charge in [0.05, 0.1) is 6.54 Å². The maximum Gasteiger partial charge on any atom is 0.273 e. The summed E-state index contributed by atoms with van der Waals surface area (Å²) in [5.41, 5.74) is 0.379. The molecule has 1 unspecified atom stereocenters. The van der Waals surface area contributed by atoms with Gasteiger partial charge in [-0.3, -0.25) is 19.1 Å². The van der Waals surface area contributed by atoms with Gasteiger partial charge in [0.1, 0.15) is 11.2 Å². The highest BCUT2D eigenvalue weighted by Gasteiger charge is 2.48. The second-order valence-corrected chi connectivity index (χ2v) is 9.58. The van der Waals surface area contributed by atoms with Crippen LogP contribution in [-0.2, 0) is 17.9 Å². The van der Waals surface area contributed by atoms with Crippen molar-refractivity contribution in [3.05, 3.63) is 51.8 Å². The van der Waals surface area contributed by atoms with Crippen molar-refractivity contribution in [3.63, 3.8) is 0 Å². The third-order valence-electron chi connectivity index (χ3n) is 6.37. The Balaban J connectivity index is 1.52. The molecule has 32 heavy (non-hydrogen) atoms. The lowest BCUT2D eigenvalue weighted by atomic mass is 9.94. The summed E-state index contributed by atoms with van der Waals surface area (Å²) in [6.07, 6.45) is 4.16. The van der Waals surface area contributed by atoms with Crippen molar-refractivity contribution in [3.8, 4) is 0 Å². The fraction of sp³-hybridized carbons (Fsp3) is 0.478. The molecule has 170 valence electrons. The number of amides is 3. The molecule has 1 aromatic heterocycles. The molecule has 2 aliphatic rings. The molecule has 0 radical (unpaired) electrons. The monoisotopic (exact) mass is 501 g/mol. The van der Waals surface area contributed by atoms with Gasteiger partial charge < -0.3 is 15.5 Å². The first-order valence-electron chi connectivity index (χ1n) is 11.0. The number of halogens is 1. The quantitative estimate of drug-likeness (QED) is 0.635. The van der Waals surface area contributed by atoms with Crippen LogP contribution in [0, 0.1) is 0 Å². The predicted molar refractivity (Wildman–Crippen MR) is 123 cm³/mol. The topological polar surface area (TPSA) is 96.3 Å². The van der Waals surface area contributed by atoms with Gasteiger partial charge in [-0.2, -0.15) is 5.10 Å². The zero-order valence-corrected chi connectivity index (χ0v) is 19.9. The van der Waals surface area contributed by atoms with E-state index in [-0.39, 0.29) is 36.0 Å². The highest BCUT2D eigenvalue weighted by Crippen LogP contribution is 2.28. The Bertz CT molecular complexity index is 1050. The number of fused-ring (bicyclic) bond motifs is 1. The maximum absolute atomic E-state index is 13.2. The third kappa shape index (κ3) is 4.30. The van der Waals surface area contributed by atoms with Crippen molar-refractivity contribution in [1.82, 2.24) is 25.3 Å². The van der Waals surface area contributed by atoms with Crippen molar-refractivity contribution in [2.24, 2.45) is 0 Å².